The van der Waals surface area contributed by atoms with E-state index in [-0.39, 0.29) is 11.9 Å². The Hall–Kier alpha value is -1.55. The number of hydrogen-bond acceptors (Lipinski definition) is 3. The van der Waals surface area contributed by atoms with Gasteiger partial charge in [-0.15, -0.1) is 0 Å². The van der Waals surface area contributed by atoms with Crippen molar-refractivity contribution in [2.45, 2.75) is 44.8 Å². The Morgan fingerprint density at radius 2 is 2.05 bits per heavy atom. The summed E-state index contributed by atoms with van der Waals surface area (Å²) in [5.74, 6) is 0.739. The van der Waals surface area contributed by atoms with Gasteiger partial charge in [-0.2, -0.15) is 0 Å². The molecule has 1 aliphatic rings. The maximum Gasteiger partial charge on any atom is 0.253 e. The van der Waals surface area contributed by atoms with Gasteiger partial charge in [0.1, 0.15) is 5.75 Å². The molecule has 2 atom stereocenters. The fourth-order valence-electron chi connectivity index (χ4n) is 2.91. The number of carbonyl (C=O) groups is 1. The fourth-order valence-corrected chi connectivity index (χ4v) is 2.91. The summed E-state index contributed by atoms with van der Waals surface area (Å²) >= 11 is 0. The van der Waals surface area contributed by atoms with E-state index in [0.717, 1.165) is 37.0 Å². The number of benzene rings is 1. The molecule has 1 fully saturated rings. The molecule has 0 aliphatic heterocycles. The second-order valence-corrected chi connectivity index (χ2v) is 5.52. The second-order valence-electron chi connectivity index (χ2n) is 5.52. The first-order valence-electron chi connectivity index (χ1n) is 7.14. The summed E-state index contributed by atoms with van der Waals surface area (Å²) < 4.78 is 5.21. The van der Waals surface area contributed by atoms with Crippen LogP contribution in [0.2, 0.25) is 0 Å². The van der Waals surface area contributed by atoms with Crippen molar-refractivity contribution < 1.29 is 14.6 Å². The van der Waals surface area contributed by atoms with Crippen molar-refractivity contribution in [3.05, 3.63) is 29.3 Å². The third-order valence-corrected chi connectivity index (χ3v) is 4.15. The topological polar surface area (TPSA) is 49.8 Å². The van der Waals surface area contributed by atoms with Crippen LogP contribution in [0.4, 0.5) is 0 Å². The van der Waals surface area contributed by atoms with E-state index in [4.69, 9.17) is 4.74 Å². The second kappa shape index (κ2) is 6.27. The summed E-state index contributed by atoms with van der Waals surface area (Å²) in [6, 6.07) is 5.36. The lowest BCUT2D eigenvalue weighted by atomic mass is 9.91. The highest BCUT2D eigenvalue weighted by Gasteiger charge is 2.29. The molecule has 20 heavy (non-hydrogen) atoms. The van der Waals surface area contributed by atoms with Crippen LogP contribution >= 0.6 is 0 Å². The van der Waals surface area contributed by atoms with Crippen LogP contribution in [0.1, 0.15) is 41.6 Å². The van der Waals surface area contributed by atoms with E-state index < -0.39 is 6.10 Å². The number of likely N-dealkylation sites (N-methyl/N-ethyl adjacent to an activating group) is 1. The molecule has 2 rings (SSSR count). The number of aliphatic hydroxyl groups is 1. The lowest BCUT2D eigenvalue weighted by Crippen LogP contribution is -2.46. The predicted octanol–water partition coefficient (Wildman–Crippen LogP) is 2.38. The molecule has 0 saturated heterocycles. The molecule has 1 aromatic carbocycles. The average Bonchev–Trinajstić information content (AvgIpc) is 2.46. The number of hydrogen-bond donors (Lipinski definition) is 1. The minimum Gasteiger partial charge on any atom is -0.496 e. The van der Waals surface area contributed by atoms with Crippen molar-refractivity contribution in [1.29, 1.82) is 0 Å². The normalized spacial score (nSPS) is 22.4. The molecule has 0 spiro atoms. The van der Waals surface area contributed by atoms with Crippen molar-refractivity contribution >= 4 is 5.91 Å². The minimum absolute atomic E-state index is 0.0401. The minimum atomic E-state index is -0.406. The van der Waals surface area contributed by atoms with Gasteiger partial charge >= 0.3 is 0 Å². The van der Waals surface area contributed by atoms with Crippen LogP contribution in [-0.2, 0) is 0 Å². The highest BCUT2D eigenvalue weighted by molar-refractivity contribution is 5.94. The van der Waals surface area contributed by atoms with Gasteiger partial charge in [-0.3, -0.25) is 4.79 Å². The van der Waals surface area contributed by atoms with E-state index in [1.165, 1.54) is 0 Å². The van der Waals surface area contributed by atoms with Gasteiger partial charge in [-0.05, 0) is 43.5 Å². The molecule has 110 valence electrons. The maximum atomic E-state index is 12.5. The molecule has 0 radical (unpaired) electrons. The number of carbonyl (C=O) groups excluding carboxylic acids is 1. The van der Waals surface area contributed by atoms with E-state index in [1.54, 1.807) is 25.1 Å². The highest BCUT2D eigenvalue weighted by atomic mass is 16.5. The third kappa shape index (κ3) is 2.96. The maximum absolute atomic E-state index is 12.5. The monoisotopic (exact) mass is 277 g/mol. The van der Waals surface area contributed by atoms with Crippen LogP contribution in [0, 0.1) is 6.92 Å². The zero-order valence-corrected chi connectivity index (χ0v) is 12.4. The number of methoxy groups -OCH3 is 1. The average molecular weight is 277 g/mol. The lowest BCUT2D eigenvalue weighted by molar-refractivity contribution is 0.0268. The zero-order valence-electron chi connectivity index (χ0n) is 12.4. The summed E-state index contributed by atoms with van der Waals surface area (Å²) in [5, 5.41) is 10.1. The van der Waals surface area contributed by atoms with Crippen LogP contribution in [0.3, 0.4) is 0 Å². The quantitative estimate of drug-likeness (QED) is 0.923. The third-order valence-electron chi connectivity index (χ3n) is 4.15. The molecular weight excluding hydrogens is 254 g/mol. The van der Waals surface area contributed by atoms with Gasteiger partial charge in [-0.1, -0.05) is 12.8 Å². The van der Waals surface area contributed by atoms with Gasteiger partial charge < -0.3 is 14.7 Å². The molecule has 4 nitrogen and oxygen atoms in total. The molecule has 1 saturated carbocycles. The predicted molar refractivity (Wildman–Crippen MR) is 78.1 cm³/mol. The molecule has 1 amide bonds. The van der Waals surface area contributed by atoms with Crippen LogP contribution in [0.15, 0.2) is 18.2 Å². The number of amides is 1. The number of aryl methyl sites for hydroxylation is 1. The van der Waals surface area contributed by atoms with Crippen molar-refractivity contribution in [2.24, 2.45) is 0 Å². The molecule has 0 bridgehead atoms. The highest BCUT2D eigenvalue weighted by Crippen LogP contribution is 2.25. The standard InChI is InChI=1S/C16H23NO3/c1-11-10-12(8-9-15(11)20-3)16(19)17(2)13-6-4-5-7-14(13)18/h8-10,13-14,18H,4-7H2,1-3H3. The van der Waals surface area contributed by atoms with E-state index in [1.807, 2.05) is 19.1 Å². The summed E-state index contributed by atoms with van der Waals surface area (Å²) in [5.41, 5.74) is 1.58. The smallest absolute Gasteiger partial charge is 0.253 e. The van der Waals surface area contributed by atoms with Gasteiger partial charge in [0.15, 0.2) is 0 Å². The lowest BCUT2D eigenvalue weighted by Gasteiger charge is -2.35. The number of ether oxygens (including phenoxy) is 1. The number of rotatable bonds is 3. The molecule has 1 aromatic rings. The Kier molecular flexibility index (Phi) is 4.65. The van der Waals surface area contributed by atoms with E-state index in [9.17, 15) is 9.90 Å². The molecule has 1 aliphatic carbocycles. The summed E-state index contributed by atoms with van der Waals surface area (Å²) in [6.45, 7) is 1.92. The van der Waals surface area contributed by atoms with Gasteiger partial charge in [0, 0.05) is 12.6 Å². The van der Waals surface area contributed by atoms with E-state index in [2.05, 4.69) is 0 Å². The van der Waals surface area contributed by atoms with Crippen molar-refractivity contribution in [1.82, 2.24) is 4.90 Å². The Morgan fingerprint density at radius 3 is 2.65 bits per heavy atom. The summed E-state index contributed by atoms with van der Waals surface area (Å²) in [6.07, 6.45) is 3.36. The number of nitrogens with zero attached hydrogens (tertiary/aromatic N) is 1. The number of aliphatic hydroxyl groups excluding tert-OH is 1. The fraction of sp³-hybridized carbons (Fsp3) is 0.562. The zero-order chi connectivity index (χ0) is 14.7. The Morgan fingerprint density at radius 1 is 1.35 bits per heavy atom. The van der Waals surface area contributed by atoms with Crippen molar-refractivity contribution in [2.75, 3.05) is 14.2 Å². The first-order valence-corrected chi connectivity index (χ1v) is 7.14. The van der Waals surface area contributed by atoms with Gasteiger partial charge in [0.05, 0.1) is 19.3 Å². The van der Waals surface area contributed by atoms with E-state index in [0.29, 0.717) is 5.56 Å². The van der Waals surface area contributed by atoms with E-state index >= 15 is 0 Å². The first kappa shape index (κ1) is 14.9. The van der Waals surface area contributed by atoms with Gasteiger partial charge in [0.2, 0.25) is 0 Å². The van der Waals surface area contributed by atoms with Crippen LogP contribution in [0.25, 0.3) is 0 Å². The Bertz CT molecular complexity index is 487. The summed E-state index contributed by atoms with van der Waals surface area (Å²) in [4.78, 5) is 14.2. The molecular formula is C16H23NO3. The SMILES string of the molecule is COc1ccc(C(=O)N(C)C2CCCCC2O)cc1C. The molecule has 0 heterocycles. The first-order chi connectivity index (χ1) is 9.54. The van der Waals surface area contributed by atoms with Crippen molar-refractivity contribution in [3.63, 3.8) is 0 Å². The summed E-state index contributed by atoms with van der Waals surface area (Å²) in [7, 11) is 3.40. The van der Waals surface area contributed by atoms with Gasteiger partial charge in [-0.25, -0.2) is 0 Å². The molecule has 2 unspecified atom stereocenters. The van der Waals surface area contributed by atoms with Crippen LogP contribution < -0.4 is 4.74 Å². The van der Waals surface area contributed by atoms with Crippen LogP contribution in [-0.4, -0.2) is 42.2 Å². The molecule has 4 heteroatoms. The largest absolute Gasteiger partial charge is 0.496 e. The van der Waals surface area contributed by atoms with Gasteiger partial charge in [0.25, 0.3) is 5.91 Å². The Labute approximate surface area is 120 Å². The Balaban J connectivity index is 2.15. The van der Waals surface area contributed by atoms with Crippen molar-refractivity contribution in [3.8, 4) is 5.75 Å². The molecule has 0 aromatic heterocycles. The van der Waals surface area contributed by atoms with Crippen LogP contribution in [0.5, 0.6) is 5.75 Å². The molecule has 1 N–H and O–H groups in total.